The number of benzene rings is 2. The monoisotopic (exact) mass is 431 g/mol. The molecule has 1 aliphatic carbocycles. The highest BCUT2D eigenvalue weighted by Gasteiger charge is 2.38. The number of aromatic nitrogens is 1. The topological polar surface area (TPSA) is 57.4 Å². The van der Waals surface area contributed by atoms with Crippen molar-refractivity contribution in [1.82, 2.24) is 10.3 Å². The summed E-state index contributed by atoms with van der Waals surface area (Å²) in [6, 6.07) is 19.5. The van der Waals surface area contributed by atoms with Gasteiger partial charge in [0.15, 0.2) is 0 Å². The molecule has 0 spiro atoms. The number of rotatable bonds is 6. The van der Waals surface area contributed by atoms with Crippen molar-refractivity contribution >= 4 is 22.5 Å². The summed E-state index contributed by atoms with van der Waals surface area (Å²) >= 11 is 0. The quantitative estimate of drug-likeness (QED) is 0.574. The van der Waals surface area contributed by atoms with E-state index in [4.69, 9.17) is 4.74 Å². The van der Waals surface area contributed by atoms with Gasteiger partial charge < -0.3 is 19.9 Å². The fraction of sp³-hybridized carbons (Fsp3) is 0.444. The number of para-hydroxylation sites is 2. The number of carbonyl (C=O) groups is 1. The lowest BCUT2D eigenvalue weighted by molar-refractivity contribution is -0.0965. The summed E-state index contributed by atoms with van der Waals surface area (Å²) in [5.41, 5.74) is 4.26. The van der Waals surface area contributed by atoms with Gasteiger partial charge in [0.25, 0.3) is 5.91 Å². The molecule has 5 nitrogen and oxygen atoms in total. The molecule has 0 unspecified atom stereocenters. The van der Waals surface area contributed by atoms with E-state index in [0.29, 0.717) is 6.04 Å². The van der Waals surface area contributed by atoms with Crippen molar-refractivity contribution in [1.29, 1.82) is 0 Å². The van der Waals surface area contributed by atoms with E-state index in [9.17, 15) is 4.79 Å². The van der Waals surface area contributed by atoms with Crippen LogP contribution in [0.3, 0.4) is 0 Å². The number of aryl methyl sites for hydroxylation is 1. The van der Waals surface area contributed by atoms with E-state index in [1.807, 2.05) is 31.2 Å². The van der Waals surface area contributed by atoms with Crippen LogP contribution in [0, 0.1) is 12.3 Å². The molecule has 1 saturated carbocycles. The van der Waals surface area contributed by atoms with E-state index in [0.717, 1.165) is 67.6 Å². The van der Waals surface area contributed by atoms with Gasteiger partial charge in [0.1, 0.15) is 0 Å². The van der Waals surface area contributed by atoms with Crippen molar-refractivity contribution in [2.45, 2.75) is 51.6 Å². The Balaban J connectivity index is 1.25. The van der Waals surface area contributed by atoms with E-state index >= 15 is 0 Å². The lowest BCUT2D eigenvalue weighted by atomic mass is 9.84. The third-order valence-corrected chi connectivity index (χ3v) is 7.13. The van der Waals surface area contributed by atoms with Crippen LogP contribution in [0.15, 0.2) is 54.6 Å². The van der Waals surface area contributed by atoms with Crippen molar-refractivity contribution < 1.29 is 9.53 Å². The molecule has 0 atom stereocenters. The van der Waals surface area contributed by atoms with Gasteiger partial charge in [-0.25, -0.2) is 0 Å². The number of amides is 1. The van der Waals surface area contributed by atoms with E-state index in [1.54, 1.807) is 0 Å². The van der Waals surface area contributed by atoms with Crippen molar-refractivity contribution in [3.63, 3.8) is 0 Å². The Labute approximate surface area is 190 Å². The second kappa shape index (κ2) is 8.62. The minimum atomic E-state index is 0.0439. The molecule has 3 aromatic rings. The molecule has 0 bridgehead atoms. The molecule has 168 valence electrons. The van der Waals surface area contributed by atoms with E-state index in [2.05, 4.69) is 52.5 Å². The van der Waals surface area contributed by atoms with Crippen LogP contribution in [0.4, 0.5) is 5.69 Å². The van der Waals surface area contributed by atoms with Crippen molar-refractivity contribution in [2.24, 2.45) is 5.41 Å². The minimum absolute atomic E-state index is 0.0439. The highest BCUT2D eigenvalue weighted by Crippen LogP contribution is 2.34. The largest absolute Gasteiger partial charge is 0.380 e. The summed E-state index contributed by atoms with van der Waals surface area (Å²) < 4.78 is 5.52. The molecule has 32 heavy (non-hydrogen) atoms. The number of nitrogens with one attached hydrogen (secondary N) is 2. The number of anilines is 1. The summed E-state index contributed by atoms with van der Waals surface area (Å²) in [5, 5.41) is 4.33. The number of hydrogen-bond donors (Lipinski definition) is 2. The lowest BCUT2D eigenvalue weighted by Gasteiger charge is -2.46. The Morgan fingerprint density at radius 3 is 2.44 bits per heavy atom. The first-order valence-electron chi connectivity index (χ1n) is 11.8. The zero-order valence-electron chi connectivity index (χ0n) is 19.1. The molecular weight excluding hydrogens is 398 g/mol. The first-order chi connectivity index (χ1) is 15.5. The molecule has 2 fully saturated rings. The second-order valence-electron chi connectivity index (χ2n) is 9.92. The Kier molecular flexibility index (Phi) is 5.68. The molecule has 1 saturated heterocycles. The zero-order chi connectivity index (χ0) is 22.1. The fourth-order valence-corrected chi connectivity index (χ4v) is 5.36. The smallest absolute Gasteiger partial charge is 0.253 e. The number of H-pyrrole nitrogens is 1. The van der Waals surface area contributed by atoms with E-state index < -0.39 is 0 Å². The molecule has 1 aliphatic heterocycles. The molecule has 1 amide bonds. The summed E-state index contributed by atoms with van der Waals surface area (Å²) in [5.74, 6) is 0.0439. The van der Waals surface area contributed by atoms with E-state index in [1.165, 1.54) is 5.69 Å². The molecule has 2 aromatic carbocycles. The van der Waals surface area contributed by atoms with Gasteiger partial charge in [0, 0.05) is 46.3 Å². The molecule has 0 radical (unpaired) electrons. The standard InChI is InChI=1S/C27H33N3O2/c1-19-25(23-10-6-7-11-24(23)28-19)26(31)29-20-12-14-22(15-13-20)30(16-27(2)17-32-18-27)21-8-4-3-5-9-21/h3-11,20,22,28H,12-18H2,1-2H3,(H,29,31)/t20-,22-. The Bertz CT molecular complexity index is 1080. The number of carbonyl (C=O) groups excluding carboxylic acids is 1. The van der Waals surface area contributed by atoms with Crippen molar-refractivity contribution in [3.05, 3.63) is 65.9 Å². The lowest BCUT2D eigenvalue weighted by Crippen LogP contribution is -2.53. The second-order valence-corrected chi connectivity index (χ2v) is 9.92. The summed E-state index contributed by atoms with van der Waals surface area (Å²) in [4.78, 5) is 19.1. The maximum Gasteiger partial charge on any atom is 0.253 e. The number of nitrogens with zero attached hydrogens (tertiary/aromatic N) is 1. The molecule has 2 N–H and O–H groups in total. The molecular formula is C27H33N3O2. The van der Waals surface area contributed by atoms with Crippen LogP contribution in [0.1, 0.15) is 48.7 Å². The van der Waals surface area contributed by atoms with E-state index in [-0.39, 0.29) is 17.4 Å². The minimum Gasteiger partial charge on any atom is -0.380 e. The maximum absolute atomic E-state index is 13.1. The van der Waals surface area contributed by atoms with Gasteiger partial charge in [-0.15, -0.1) is 0 Å². The van der Waals surface area contributed by atoms with Crippen LogP contribution < -0.4 is 10.2 Å². The first kappa shape index (κ1) is 21.1. The van der Waals surface area contributed by atoms with Crippen LogP contribution in [0.5, 0.6) is 0 Å². The van der Waals surface area contributed by atoms with Gasteiger partial charge in [-0.05, 0) is 50.8 Å². The summed E-state index contributed by atoms with van der Waals surface area (Å²) in [7, 11) is 0. The number of hydrogen-bond acceptors (Lipinski definition) is 3. The van der Waals surface area contributed by atoms with Crippen LogP contribution in [0.25, 0.3) is 10.9 Å². The van der Waals surface area contributed by atoms with Crippen molar-refractivity contribution in [2.75, 3.05) is 24.7 Å². The number of fused-ring (bicyclic) bond motifs is 1. The number of aromatic amines is 1. The maximum atomic E-state index is 13.1. The molecule has 2 aliphatic rings. The zero-order valence-corrected chi connectivity index (χ0v) is 19.1. The summed E-state index contributed by atoms with van der Waals surface area (Å²) in [6.45, 7) is 7.00. The SMILES string of the molecule is Cc1[nH]c2ccccc2c1C(=O)N[C@H]1CC[C@H](N(CC2(C)COC2)c2ccccc2)CC1. The molecule has 2 heterocycles. The Hall–Kier alpha value is -2.79. The van der Waals surface area contributed by atoms with Crippen LogP contribution >= 0.6 is 0 Å². The Morgan fingerprint density at radius 1 is 1.06 bits per heavy atom. The first-order valence-corrected chi connectivity index (χ1v) is 11.8. The predicted molar refractivity (Wildman–Crippen MR) is 129 cm³/mol. The van der Waals surface area contributed by atoms with Gasteiger partial charge in [-0.3, -0.25) is 4.79 Å². The van der Waals surface area contributed by atoms with Crippen LogP contribution in [-0.2, 0) is 4.74 Å². The normalized spacial score (nSPS) is 22.3. The predicted octanol–water partition coefficient (Wildman–Crippen LogP) is 5.06. The van der Waals surface area contributed by atoms with Crippen LogP contribution in [0.2, 0.25) is 0 Å². The summed E-state index contributed by atoms with van der Waals surface area (Å²) in [6.07, 6.45) is 4.19. The highest BCUT2D eigenvalue weighted by molar-refractivity contribution is 6.08. The molecule has 1 aromatic heterocycles. The van der Waals surface area contributed by atoms with Crippen molar-refractivity contribution in [3.8, 4) is 0 Å². The third-order valence-electron chi connectivity index (χ3n) is 7.13. The third kappa shape index (κ3) is 4.14. The molecule has 5 heteroatoms. The average Bonchev–Trinajstić information content (AvgIpc) is 3.13. The van der Waals surface area contributed by atoms with Gasteiger partial charge >= 0.3 is 0 Å². The van der Waals surface area contributed by atoms with Gasteiger partial charge in [-0.2, -0.15) is 0 Å². The molecule has 5 rings (SSSR count). The number of ether oxygens (including phenoxy) is 1. The van der Waals surface area contributed by atoms with Gasteiger partial charge in [-0.1, -0.05) is 43.3 Å². The highest BCUT2D eigenvalue weighted by atomic mass is 16.5. The Morgan fingerprint density at radius 2 is 1.75 bits per heavy atom. The van der Waals surface area contributed by atoms with Crippen LogP contribution in [-0.4, -0.2) is 42.7 Å². The fourth-order valence-electron chi connectivity index (χ4n) is 5.36. The average molecular weight is 432 g/mol. The van der Waals surface area contributed by atoms with Gasteiger partial charge in [0.05, 0.1) is 18.8 Å². The van der Waals surface area contributed by atoms with Gasteiger partial charge in [0.2, 0.25) is 0 Å².